The highest BCUT2D eigenvalue weighted by molar-refractivity contribution is 7.10. The molecule has 2 aliphatic heterocycles. The van der Waals surface area contributed by atoms with Crippen molar-refractivity contribution in [3.63, 3.8) is 0 Å². The van der Waals surface area contributed by atoms with E-state index in [0.29, 0.717) is 24.9 Å². The summed E-state index contributed by atoms with van der Waals surface area (Å²) in [5.74, 6) is -0.115. The second kappa shape index (κ2) is 6.82. The first-order valence-electron chi connectivity index (χ1n) is 8.64. The molecule has 0 unspecified atom stereocenters. The summed E-state index contributed by atoms with van der Waals surface area (Å²) >= 11 is 1.86. The van der Waals surface area contributed by atoms with Crippen LogP contribution >= 0.6 is 11.3 Å². The molecule has 0 saturated carbocycles. The molecule has 0 spiro atoms. The summed E-state index contributed by atoms with van der Waals surface area (Å²) in [5.41, 5.74) is 3.19. The first-order chi connectivity index (χ1) is 11.7. The van der Waals surface area contributed by atoms with E-state index in [-0.39, 0.29) is 5.82 Å². The smallest absolute Gasteiger partial charge is 0.146 e. The van der Waals surface area contributed by atoms with Crippen LogP contribution in [-0.4, -0.2) is 37.7 Å². The van der Waals surface area contributed by atoms with Crippen LogP contribution in [0, 0.1) is 5.82 Å². The van der Waals surface area contributed by atoms with Crippen molar-refractivity contribution in [1.82, 2.24) is 4.90 Å². The van der Waals surface area contributed by atoms with Gasteiger partial charge in [-0.3, -0.25) is 4.90 Å². The van der Waals surface area contributed by atoms with Gasteiger partial charge in [0.25, 0.3) is 0 Å². The van der Waals surface area contributed by atoms with Crippen LogP contribution in [0.15, 0.2) is 29.6 Å². The largest absolute Gasteiger partial charge is 0.378 e. The molecular weight excluding hydrogens is 323 g/mol. The van der Waals surface area contributed by atoms with Gasteiger partial charge < -0.3 is 9.64 Å². The Bertz CT molecular complexity index is 711. The van der Waals surface area contributed by atoms with E-state index in [0.717, 1.165) is 38.2 Å². The molecule has 1 aromatic carbocycles. The zero-order chi connectivity index (χ0) is 16.5. The van der Waals surface area contributed by atoms with Gasteiger partial charge in [-0.2, -0.15) is 0 Å². The minimum atomic E-state index is -0.115. The number of nitrogens with zero attached hydrogens (tertiary/aromatic N) is 2. The summed E-state index contributed by atoms with van der Waals surface area (Å²) < 4.78 is 19.9. The molecule has 2 aliphatic rings. The Balaban J connectivity index is 1.48. The second-order valence-corrected chi connectivity index (χ2v) is 7.58. The third-order valence-corrected chi connectivity index (χ3v) is 6.15. The van der Waals surface area contributed by atoms with Crippen molar-refractivity contribution in [2.45, 2.75) is 25.9 Å². The number of ether oxygens (including phenoxy) is 1. The number of morpholine rings is 1. The van der Waals surface area contributed by atoms with Crippen LogP contribution in [-0.2, 0) is 17.7 Å². The molecule has 4 rings (SSSR count). The maximum atomic E-state index is 14.6. The van der Waals surface area contributed by atoms with Crippen LogP contribution in [0.3, 0.4) is 0 Å². The molecule has 3 nitrogen and oxygen atoms in total. The average molecular weight is 346 g/mol. The van der Waals surface area contributed by atoms with Gasteiger partial charge in [0.1, 0.15) is 5.82 Å². The van der Waals surface area contributed by atoms with Gasteiger partial charge in [-0.15, -0.1) is 11.3 Å². The lowest BCUT2D eigenvalue weighted by Gasteiger charge is -2.34. The van der Waals surface area contributed by atoms with Crippen LogP contribution in [0.25, 0.3) is 0 Å². The van der Waals surface area contributed by atoms with Gasteiger partial charge in [-0.25, -0.2) is 4.39 Å². The Morgan fingerprint density at radius 2 is 2.04 bits per heavy atom. The Hall–Kier alpha value is -1.43. The molecule has 2 aromatic rings. The number of hydrogen-bond donors (Lipinski definition) is 0. The minimum Gasteiger partial charge on any atom is -0.378 e. The number of rotatable bonds is 3. The zero-order valence-corrected chi connectivity index (χ0v) is 14.8. The molecule has 5 heteroatoms. The number of fused-ring (bicyclic) bond motifs is 1. The van der Waals surface area contributed by atoms with Gasteiger partial charge in [-0.1, -0.05) is 6.07 Å². The fourth-order valence-corrected chi connectivity index (χ4v) is 4.68. The van der Waals surface area contributed by atoms with Crippen molar-refractivity contribution in [2.75, 3.05) is 37.7 Å². The Kier molecular flexibility index (Phi) is 4.57. The maximum Gasteiger partial charge on any atom is 0.146 e. The molecule has 0 N–H and O–H groups in total. The molecule has 1 atom stereocenters. The van der Waals surface area contributed by atoms with E-state index >= 15 is 0 Å². The van der Waals surface area contributed by atoms with E-state index in [1.807, 2.05) is 17.4 Å². The van der Waals surface area contributed by atoms with E-state index in [1.54, 1.807) is 6.07 Å². The first kappa shape index (κ1) is 16.1. The molecule has 24 heavy (non-hydrogen) atoms. The van der Waals surface area contributed by atoms with E-state index in [9.17, 15) is 4.39 Å². The SMILES string of the molecule is C[C@H]1c2ccsc2CCN1Cc1ccc(N2CCOCC2)c(F)c1. The summed E-state index contributed by atoms with van der Waals surface area (Å²) in [7, 11) is 0. The number of hydrogen-bond acceptors (Lipinski definition) is 4. The monoisotopic (exact) mass is 346 g/mol. The van der Waals surface area contributed by atoms with Crippen LogP contribution in [0.1, 0.15) is 29.0 Å². The number of benzene rings is 1. The van der Waals surface area contributed by atoms with Crippen molar-refractivity contribution >= 4 is 17.0 Å². The Morgan fingerprint density at radius 3 is 2.83 bits per heavy atom. The van der Waals surface area contributed by atoms with Crippen LogP contribution in [0.2, 0.25) is 0 Å². The molecule has 3 heterocycles. The highest BCUT2D eigenvalue weighted by Gasteiger charge is 2.25. The van der Waals surface area contributed by atoms with Crippen LogP contribution in [0.5, 0.6) is 0 Å². The minimum absolute atomic E-state index is 0.115. The molecule has 0 bridgehead atoms. The van der Waals surface area contributed by atoms with Crippen LogP contribution in [0.4, 0.5) is 10.1 Å². The highest BCUT2D eigenvalue weighted by Crippen LogP contribution is 2.34. The molecule has 128 valence electrons. The molecule has 0 aliphatic carbocycles. The number of thiophene rings is 1. The Labute approximate surface area is 146 Å². The molecule has 0 amide bonds. The van der Waals surface area contributed by atoms with Gasteiger partial charge in [0.2, 0.25) is 0 Å². The zero-order valence-electron chi connectivity index (χ0n) is 14.0. The molecule has 1 saturated heterocycles. The number of anilines is 1. The quantitative estimate of drug-likeness (QED) is 0.840. The lowest BCUT2D eigenvalue weighted by atomic mass is 10.0. The van der Waals surface area contributed by atoms with Crippen molar-refractivity contribution < 1.29 is 9.13 Å². The Morgan fingerprint density at radius 1 is 1.21 bits per heavy atom. The van der Waals surface area contributed by atoms with Crippen molar-refractivity contribution in [1.29, 1.82) is 0 Å². The van der Waals surface area contributed by atoms with Gasteiger partial charge >= 0.3 is 0 Å². The number of halogens is 1. The fourth-order valence-electron chi connectivity index (χ4n) is 3.72. The highest BCUT2D eigenvalue weighted by atomic mass is 32.1. The third kappa shape index (κ3) is 3.08. The summed E-state index contributed by atoms with van der Waals surface area (Å²) in [6.07, 6.45) is 1.10. The van der Waals surface area contributed by atoms with E-state index in [2.05, 4.69) is 34.2 Å². The van der Waals surface area contributed by atoms with Gasteiger partial charge in [0, 0.05) is 37.1 Å². The maximum absolute atomic E-state index is 14.6. The predicted octanol–water partition coefficient (Wildman–Crippen LogP) is 3.84. The lowest BCUT2D eigenvalue weighted by Crippen LogP contribution is -2.36. The van der Waals surface area contributed by atoms with Gasteiger partial charge in [-0.05, 0) is 48.1 Å². The molecule has 1 aromatic heterocycles. The van der Waals surface area contributed by atoms with Crippen molar-refractivity contribution in [3.05, 3.63) is 51.5 Å². The summed E-state index contributed by atoms with van der Waals surface area (Å²) in [5, 5.41) is 2.18. The normalized spacial score (nSPS) is 21.8. The van der Waals surface area contributed by atoms with Crippen molar-refractivity contribution in [2.24, 2.45) is 0 Å². The lowest BCUT2D eigenvalue weighted by molar-refractivity contribution is 0.122. The summed E-state index contributed by atoms with van der Waals surface area (Å²) in [4.78, 5) is 6.02. The molecule has 0 radical (unpaired) electrons. The van der Waals surface area contributed by atoms with Crippen LogP contribution < -0.4 is 4.90 Å². The molecular formula is C19H23FN2OS. The third-order valence-electron chi connectivity index (χ3n) is 5.15. The molecule has 1 fully saturated rings. The first-order valence-corrected chi connectivity index (χ1v) is 9.52. The predicted molar refractivity (Wildman–Crippen MR) is 96.3 cm³/mol. The average Bonchev–Trinajstić information content (AvgIpc) is 3.08. The standard InChI is InChI=1S/C19H23FN2OS/c1-14-16-5-11-24-19(16)4-6-22(14)13-15-2-3-18(17(20)12-15)21-7-9-23-10-8-21/h2-3,5,11-12,14H,4,6-10,13H2,1H3/t14-/m0/s1. The fraction of sp³-hybridized carbons (Fsp3) is 0.474. The van der Waals surface area contributed by atoms with E-state index in [4.69, 9.17) is 4.74 Å². The summed E-state index contributed by atoms with van der Waals surface area (Å²) in [6, 6.07) is 8.35. The topological polar surface area (TPSA) is 15.7 Å². The second-order valence-electron chi connectivity index (χ2n) is 6.58. The van der Waals surface area contributed by atoms with E-state index < -0.39 is 0 Å². The summed E-state index contributed by atoms with van der Waals surface area (Å²) in [6.45, 7) is 6.98. The van der Waals surface area contributed by atoms with Crippen molar-refractivity contribution in [3.8, 4) is 0 Å². The van der Waals surface area contributed by atoms with Gasteiger partial charge in [0.15, 0.2) is 0 Å². The van der Waals surface area contributed by atoms with E-state index in [1.165, 1.54) is 10.4 Å². The van der Waals surface area contributed by atoms with Gasteiger partial charge in [0.05, 0.1) is 18.9 Å².